The molecule has 1 atom stereocenters. The molecule has 0 aromatic heterocycles. The third kappa shape index (κ3) is 3.29. The predicted molar refractivity (Wildman–Crippen MR) is 91.4 cm³/mol. The van der Waals surface area contributed by atoms with E-state index >= 15 is 0 Å². The molecule has 2 aromatic carbocycles. The molecule has 0 saturated carbocycles. The molecule has 0 spiro atoms. The predicted octanol–water partition coefficient (Wildman–Crippen LogP) is 2.50. The average molecular weight is 361 g/mol. The lowest BCUT2D eigenvalue weighted by molar-refractivity contribution is 0.174. The van der Waals surface area contributed by atoms with Gasteiger partial charge < -0.3 is 14.2 Å². The molecule has 0 unspecified atom stereocenters. The Kier molecular flexibility index (Phi) is 4.27. The molecule has 2 aromatic rings. The Labute approximate surface area is 147 Å². The molecule has 2 heterocycles. The number of hydrogen-bond donors (Lipinski definition) is 0. The average Bonchev–Trinajstić information content (AvgIpc) is 3.29. The molecular formula is C18H19NO5S. The van der Waals surface area contributed by atoms with Crippen LogP contribution in [-0.2, 0) is 10.0 Å². The fraction of sp³-hybridized carbons (Fsp3) is 0.333. The Balaban J connectivity index is 1.42. The van der Waals surface area contributed by atoms with Crippen molar-refractivity contribution in [2.75, 3.05) is 26.5 Å². The van der Waals surface area contributed by atoms with Gasteiger partial charge in [0, 0.05) is 25.1 Å². The molecule has 7 heteroatoms. The van der Waals surface area contributed by atoms with Crippen LogP contribution in [0.3, 0.4) is 0 Å². The highest BCUT2D eigenvalue weighted by Crippen LogP contribution is 2.35. The molecule has 0 amide bonds. The molecule has 1 saturated heterocycles. The molecular weight excluding hydrogens is 342 g/mol. The summed E-state index contributed by atoms with van der Waals surface area (Å²) in [7, 11) is -3.53. The van der Waals surface area contributed by atoms with Crippen LogP contribution in [0.5, 0.6) is 17.2 Å². The van der Waals surface area contributed by atoms with Crippen LogP contribution in [0.1, 0.15) is 6.42 Å². The second kappa shape index (κ2) is 6.57. The first-order valence-corrected chi connectivity index (χ1v) is 9.64. The fourth-order valence-electron chi connectivity index (χ4n) is 3.07. The van der Waals surface area contributed by atoms with Crippen LogP contribution in [0.4, 0.5) is 0 Å². The van der Waals surface area contributed by atoms with Crippen molar-refractivity contribution in [3.8, 4) is 17.2 Å². The third-order valence-corrected chi connectivity index (χ3v) is 6.32. The van der Waals surface area contributed by atoms with Gasteiger partial charge in [0.15, 0.2) is 11.5 Å². The molecule has 0 bridgehead atoms. The van der Waals surface area contributed by atoms with Gasteiger partial charge in [0.25, 0.3) is 0 Å². The van der Waals surface area contributed by atoms with Crippen molar-refractivity contribution in [1.29, 1.82) is 0 Å². The van der Waals surface area contributed by atoms with E-state index in [0.29, 0.717) is 31.2 Å². The van der Waals surface area contributed by atoms with Crippen LogP contribution in [0.25, 0.3) is 0 Å². The van der Waals surface area contributed by atoms with Crippen molar-refractivity contribution in [2.24, 2.45) is 5.92 Å². The lowest BCUT2D eigenvalue weighted by Gasteiger charge is -2.17. The molecule has 25 heavy (non-hydrogen) atoms. The van der Waals surface area contributed by atoms with E-state index in [1.807, 2.05) is 30.3 Å². The quantitative estimate of drug-likeness (QED) is 0.819. The second-order valence-corrected chi connectivity index (χ2v) is 8.09. The molecule has 2 aliphatic rings. The van der Waals surface area contributed by atoms with Crippen molar-refractivity contribution in [3.63, 3.8) is 0 Å². The van der Waals surface area contributed by atoms with Gasteiger partial charge in [-0.05, 0) is 30.7 Å². The summed E-state index contributed by atoms with van der Waals surface area (Å²) in [5.74, 6) is 2.04. The summed E-state index contributed by atoms with van der Waals surface area (Å²) in [5, 5.41) is 0. The van der Waals surface area contributed by atoms with E-state index in [9.17, 15) is 8.42 Å². The summed E-state index contributed by atoms with van der Waals surface area (Å²) in [5.41, 5.74) is 0. The zero-order chi connectivity index (χ0) is 17.3. The van der Waals surface area contributed by atoms with Gasteiger partial charge in [0.1, 0.15) is 5.75 Å². The smallest absolute Gasteiger partial charge is 0.243 e. The van der Waals surface area contributed by atoms with E-state index in [2.05, 4.69) is 0 Å². The van der Waals surface area contributed by atoms with Crippen molar-refractivity contribution >= 4 is 10.0 Å². The van der Waals surface area contributed by atoms with Crippen LogP contribution < -0.4 is 14.2 Å². The molecule has 4 rings (SSSR count). The lowest BCUT2D eigenvalue weighted by Crippen LogP contribution is -2.29. The number of benzene rings is 2. The number of rotatable bonds is 5. The van der Waals surface area contributed by atoms with Crippen molar-refractivity contribution in [1.82, 2.24) is 4.31 Å². The first kappa shape index (κ1) is 16.2. The van der Waals surface area contributed by atoms with Crippen molar-refractivity contribution < 1.29 is 22.6 Å². The fourth-order valence-corrected chi connectivity index (χ4v) is 4.62. The topological polar surface area (TPSA) is 65.1 Å². The van der Waals surface area contributed by atoms with Gasteiger partial charge in [-0.25, -0.2) is 8.42 Å². The molecule has 0 N–H and O–H groups in total. The van der Waals surface area contributed by atoms with Crippen LogP contribution in [0.15, 0.2) is 53.4 Å². The largest absolute Gasteiger partial charge is 0.493 e. The molecule has 0 radical (unpaired) electrons. The lowest BCUT2D eigenvalue weighted by atomic mass is 10.1. The summed E-state index contributed by atoms with van der Waals surface area (Å²) >= 11 is 0. The minimum absolute atomic E-state index is 0.126. The Bertz CT molecular complexity index is 853. The zero-order valence-corrected chi connectivity index (χ0v) is 14.4. The van der Waals surface area contributed by atoms with E-state index in [-0.39, 0.29) is 17.6 Å². The monoisotopic (exact) mass is 361 g/mol. The minimum Gasteiger partial charge on any atom is -0.493 e. The number of para-hydroxylation sites is 1. The standard InChI is InChI=1S/C18H19NO5S/c20-25(21,16-6-7-17-18(10-16)24-13-23-17)19-9-8-14(11-19)12-22-15-4-2-1-3-5-15/h1-7,10,14H,8-9,11-13H2/t14-/m0/s1. The van der Waals surface area contributed by atoms with E-state index in [1.54, 1.807) is 12.1 Å². The highest BCUT2D eigenvalue weighted by atomic mass is 32.2. The number of nitrogens with zero attached hydrogens (tertiary/aromatic N) is 1. The van der Waals surface area contributed by atoms with Crippen LogP contribution in [-0.4, -0.2) is 39.2 Å². The highest BCUT2D eigenvalue weighted by molar-refractivity contribution is 7.89. The van der Waals surface area contributed by atoms with E-state index in [0.717, 1.165) is 12.2 Å². The van der Waals surface area contributed by atoms with Crippen LogP contribution >= 0.6 is 0 Å². The van der Waals surface area contributed by atoms with Crippen molar-refractivity contribution in [3.05, 3.63) is 48.5 Å². The number of hydrogen-bond acceptors (Lipinski definition) is 5. The Morgan fingerprint density at radius 1 is 1.08 bits per heavy atom. The first-order valence-electron chi connectivity index (χ1n) is 8.20. The van der Waals surface area contributed by atoms with Crippen LogP contribution in [0, 0.1) is 5.92 Å². The third-order valence-electron chi connectivity index (χ3n) is 4.46. The van der Waals surface area contributed by atoms with Gasteiger partial charge in [-0.1, -0.05) is 18.2 Å². The Morgan fingerprint density at radius 2 is 1.88 bits per heavy atom. The molecule has 0 aliphatic carbocycles. The second-order valence-electron chi connectivity index (χ2n) is 6.16. The number of fused-ring (bicyclic) bond motifs is 1. The van der Waals surface area contributed by atoms with E-state index < -0.39 is 10.0 Å². The Hall–Kier alpha value is -2.25. The van der Waals surface area contributed by atoms with Crippen molar-refractivity contribution in [2.45, 2.75) is 11.3 Å². The first-order chi connectivity index (χ1) is 12.1. The summed E-state index contributed by atoms with van der Waals surface area (Å²) in [6, 6.07) is 14.3. The SMILES string of the molecule is O=S(=O)(c1ccc2c(c1)OCO2)N1CC[C@H](COc2ccccc2)C1. The maximum Gasteiger partial charge on any atom is 0.243 e. The van der Waals surface area contributed by atoms with E-state index in [1.165, 1.54) is 10.4 Å². The molecule has 1 fully saturated rings. The summed E-state index contributed by atoms with van der Waals surface area (Å²) in [6.07, 6.45) is 0.788. The number of sulfonamides is 1. The molecule has 132 valence electrons. The molecule has 2 aliphatic heterocycles. The normalized spacial score (nSPS) is 19.9. The van der Waals surface area contributed by atoms with Gasteiger partial charge in [-0.2, -0.15) is 4.31 Å². The maximum atomic E-state index is 12.8. The highest BCUT2D eigenvalue weighted by Gasteiger charge is 2.33. The van der Waals surface area contributed by atoms with Crippen LogP contribution in [0.2, 0.25) is 0 Å². The summed E-state index contributed by atoms with van der Waals surface area (Å²) in [6.45, 7) is 1.60. The Morgan fingerprint density at radius 3 is 2.72 bits per heavy atom. The van der Waals surface area contributed by atoms with Gasteiger partial charge in [-0.3, -0.25) is 0 Å². The summed E-state index contributed by atoms with van der Waals surface area (Å²) in [4.78, 5) is 0.237. The minimum atomic E-state index is -3.53. The van der Waals surface area contributed by atoms with Gasteiger partial charge in [0.05, 0.1) is 11.5 Å². The van der Waals surface area contributed by atoms with Gasteiger partial charge in [0.2, 0.25) is 16.8 Å². The maximum absolute atomic E-state index is 12.8. The van der Waals surface area contributed by atoms with Gasteiger partial charge in [-0.15, -0.1) is 0 Å². The van der Waals surface area contributed by atoms with Gasteiger partial charge >= 0.3 is 0 Å². The summed E-state index contributed by atoms with van der Waals surface area (Å²) < 4.78 is 43.5. The van der Waals surface area contributed by atoms with E-state index in [4.69, 9.17) is 14.2 Å². The number of ether oxygens (including phenoxy) is 3. The zero-order valence-electron chi connectivity index (χ0n) is 13.6. The molecule has 6 nitrogen and oxygen atoms in total.